The van der Waals surface area contributed by atoms with Gasteiger partial charge in [-0.25, -0.2) is 4.79 Å². The molecule has 0 radical (unpaired) electrons. The minimum atomic E-state index is -0.544. The Bertz CT molecular complexity index is 615. The number of rotatable bonds is 3. The molecule has 1 heterocycles. The molecule has 0 spiro atoms. The number of carbonyl (C=O) groups is 1. The van der Waals surface area contributed by atoms with Gasteiger partial charge in [0.15, 0.2) is 0 Å². The van der Waals surface area contributed by atoms with Crippen LogP contribution in [0.5, 0.6) is 0 Å². The molecule has 8 heteroatoms. The van der Waals surface area contributed by atoms with E-state index in [1.54, 1.807) is 12.1 Å². The Morgan fingerprint density at radius 2 is 2.17 bits per heavy atom. The standard InChI is InChI=1S/C15H20IN3O4/c1-15(2,3)23-14(20)17-11-6-7-18(9-11)12-5-4-10(16)8-13(12)19(21)22/h4-5,8,11H,6-7,9H2,1-3H3,(H,17,20). The Hall–Kier alpha value is -1.58. The molecule has 0 aromatic heterocycles. The van der Waals surface area contributed by atoms with Crippen LogP contribution in [-0.2, 0) is 4.74 Å². The van der Waals surface area contributed by atoms with E-state index in [4.69, 9.17) is 4.74 Å². The highest BCUT2D eigenvalue weighted by Crippen LogP contribution is 2.32. The van der Waals surface area contributed by atoms with Gasteiger partial charge in [-0.1, -0.05) is 0 Å². The first kappa shape index (κ1) is 17.8. The number of hydrogen-bond donors (Lipinski definition) is 1. The molecule has 2 rings (SSSR count). The van der Waals surface area contributed by atoms with Crippen molar-refractivity contribution < 1.29 is 14.5 Å². The third-order valence-electron chi connectivity index (χ3n) is 3.38. The number of benzene rings is 1. The highest BCUT2D eigenvalue weighted by molar-refractivity contribution is 14.1. The molecule has 1 N–H and O–H groups in total. The van der Waals surface area contributed by atoms with E-state index in [1.807, 2.05) is 31.7 Å². The molecular weight excluding hydrogens is 413 g/mol. The number of halogens is 1. The maximum absolute atomic E-state index is 11.8. The Labute approximate surface area is 148 Å². The van der Waals surface area contributed by atoms with Crippen molar-refractivity contribution in [2.45, 2.75) is 38.8 Å². The van der Waals surface area contributed by atoms with E-state index in [0.29, 0.717) is 18.8 Å². The van der Waals surface area contributed by atoms with E-state index in [2.05, 4.69) is 27.9 Å². The summed E-state index contributed by atoms with van der Waals surface area (Å²) in [4.78, 5) is 24.6. The van der Waals surface area contributed by atoms with Crippen LogP contribution >= 0.6 is 22.6 Å². The molecule has 1 saturated heterocycles. The topological polar surface area (TPSA) is 84.7 Å². The second-order valence-corrected chi connectivity index (χ2v) is 7.71. The molecule has 1 fully saturated rings. The summed E-state index contributed by atoms with van der Waals surface area (Å²) in [7, 11) is 0. The van der Waals surface area contributed by atoms with E-state index >= 15 is 0 Å². The number of nitrogens with zero attached hydrogens (tertiary/aromatic N) is 2. The molecule has 1 unspecified atom stereocenters. The fourth-order valence-corrected chi connectivity index (χ4v) is 2.96. The monoisotopic (exact) mass is 433 g/mol. The lowest BCUT2D eigenvalue weighted by Gasteiger charge is -2.22. The summed E-state index contributed by atoms with van der Waals surface area (Å²) in [6.45, 7) is 6.61. The SMILES string of the molecule is CC(C)(C)OC(=O)NC1CCN(c2ccc(I)cc2[N+](=O)[O-])C1. The van der Waals surface area contributed by atoms with Gasteiger partial charge in [0, 0.05) is 22.7 Å². The average molecular weight is 433 g/mol. The van der Waals surface area contributed by atoms with Gasteiger partial charge in [-0.05, 0) is 61.9 Å². The Morgan fingerprint density at radius 3 is 2.78 bits per heavy atom. The van der Waals surface area contributed by atoms with Gasteiger partial charge < -0.3 is 15.0 Å². The number of nitrogens with one attached hydrogen (secondary N) is 1. The number of hydrogen-bond acceptors (Lipinski definition) is 5. The summed E-state index contributed by atoms with van der Waals surface area (Å²) < 4.78 is 6.06. The van der Waals surface area contributed by atoms with Crippen molar-refractivity contribution in [2.24, 2.45) is 0 Å². The Kier molecular flexibility index (Phi) is 5.33. The van der Waals surface area contributed by atoms with Crippen molar-refractivity contribution in [3.8, 4) is 0 Å². The number of ether oxygens (including phenoxy) is 1. The summed E-state index contributed by atoms with van der Waals surface area (Å²) in [5.74, 6) is 0. The maximum atomic E-state index is 11.8. The van der Waals surface area contributed by atoms with E-state index < -0.39 is 11.7 Å². The summed E-state index contributed by atoms with van der Waals surface area (Å²) >= 11 is 2.05. The van der Waals surface area contributed by atoms with Crippen molar-refractivity contribution in [1.29, 1.82) is 0 Å². The first-order valence-electron chi connectivity index (χ1n) is 7.34. The lowest BCUT2D eigenvalue weighted by molar-refractivity contribution is -0.384. The number of anilines is 1. The molecule has 0 aliphatic carbocycles. The second kappa shape index (κ2) is 6.90. The predicted molar refractivity (Wildman–Crippen MR) is 95.8 cm³/mol. The lowest BCUT2D eigenvalue weighted by Crippen LogP contribution is -2.40. The van der Waals surface area contributed by atoms with Crippen molar-refractivity contribution in [3.05, 3.63) is 31.9 Å². The quantitative estimate of drug-likeness (QED) is 0.449. The van der Waals surface area contributed by atoms with Crippen LogP contribution < -0.4 is 10.2 Å². The van der Waals surface area contributed by atoms with Crippen LogP contribution in [0.15, 0.2) is 18.2 Å². The molecule has 0 saturated carbocycles. The van der Waals surface area contributed by atoms with Crippen LogP contribution in [0.2, 0.25) is 0 Å². The zero-order chi connectivity index (χ0) is 17.2. The number of nitro benzene ring substituents is 1. The molecule has 1 amide bonds. The zero-order valence-corrected chi connectivity index (χ0v) is 15.5. The Balaban J connectivity index is 2.03. The summed E-state index contributed by atoms with van der Waals surface area (Å²) in [6.07, 6.45) is 0.268. The van der Waals surface area contributed by atoms with Crippen molar-refractivity contribution in [1.82, 2.24) is 5.32 Å². The lowest BCUT2D eigenvalue weighted by atomic mass is 10.2. The van der Waals surface area contributed by atoms with E-state index in [1.165, 1.54) is 0 Å². The van der Waals surface area contributed by atoms with E-state index in [9.17, 15) is 14.9 Å². The summed E-state index contributed by atoms with van der Waals surface area (Å²) in [6, 6.07) is 5.08. The minimum Gasteiger partial charge on any atom is -0.444 e. The minimum absolute atomic E-state index is 0.0799. The average Bonchev–Trinajstić information content (AvgIpc) is 2.84. The fourth-order valence-electron chi connectivity index (χ4n) is 2.48. The van der Waals surface area contributed by atoms with Crippen LogP contribution in [0.1, 0.15) is 27.2 Å². The third kappa shape index (κ3) is 4.95. The third-order valence-corrected chi connectivity index (χ3v) is 4.05. The molecule has 23 heavy (non-hydrogen) atoms. The molecule has 1 aliphatic rings. The molecule has 0 bridgehead atoms. The van der Waals surface area contributed by atoms with Crippen molar-refractivity contribution in [2.75, 3.05) is 18.0 Å². The van der Waals surface area contributed by atoms with Crippen LogP contribution in [0.4, 0.5) is 16.2 Å². The second-order valence-electron chi connectivity index (χ2n) is 6.47. The first-order valence-corrected chi connectivity index (χ1v) is 8.42. The summed E-state index contributed by atoms with van der Waals surface area (Å²) in [5, 5.41) is 14.1. The smallest absolute Gasteiger partial charge is 0.407 e. The van der Waals surface area contributed by atoms with Crippen LogP contribution in [-0.4, -0.2) is 35.7 Å². The molecule has 126 valence electrons. The number of amides is 1. The van der Waals surface area contributed by atoms with E-state index in [0.717, 1.165) is 9.99 Å². The van der Waals surface area contributed by atoms with Crippen LogP contribution in [0.3, 0.4) is 0 Å². The molecule has 1 aromatic carbocycles. The van der Waals surface area contributed by atoms with Crippen LogP contribution in [0.25, 0.3) is 0 Å². The van der Waals surface area contributed by atoms with Gasteiger partial charge in [-0.2, -0.15) is 0 Å². The molecule has 7 nitrogen and oxygen atoms in total. The molecular formula is C15H20IN3O4. The number of alkyl carbamates (subject to hydrolysis) is 1. The zero-order valence-electron chi connectivity index (χ0n) is 13.3. The molecule has 1 aliphatic heterocycles. The number of carbonyl (C=O) groups excluding carboxylic acids is 1. The maximum Gasteiger partial charge on any atom is 0.407 e. The fraction of sp³-hybridized carbons (Fsp3) is 0.533. The van der Waals surface area contributed by atoms with Gasteiger partial charge >= 0.3 is 6.09 Å². The highest BCUT2D eigenvalue weighted by Gasteiger charge is 2.29. The highest BCUT2D eigenvalue weighted by atomic mass is 127. The summed E-state index contributed by atoms with van der Waals surface area (Å²) in [5.41, 5.74) is 0.135. The van der Waals surface area contributed by atoms with Gasteiger partial charge in [0.05, 0.1) is 11.0 Å². The first-order chi connectivity index (χ1) is 10.7. The predicted octanol–water partition coefficient (Wildman–Crippen LogP) is 3.30. The van der Waals surface area contributed by atoms with Crippen LogP contribution in [0, 0.1) is 13.7 Å². The largest absolute Gasteiger partial charge is 0.444 e. The number of nitro groups is 1. The van der Waals surface area contributed by atoms with Gasteiger partial charge in [0.1, 0.15) is 11.3 Å². The Morgan fingerprint density at radius 1 is 1.48 bits per heavy atom. The van der Waals surface area contributed by atoms with Gasteiger partial charge in [-0.3, -0.25) is 10.1 Å². The normalized spacial score (nSPS) is 17.9. The van der Waals surface area contributed by atoms with Gasteiger partial charge in [0.25, 0.3) is 5.69 Å². The molecule has 1 atom stereocenters. The van der Waals surface area contributed by atoms with Gasteiger partial charge in [0.2, 0.25) is 0 Å². The van der Waals surface area contributed by atoms with Crippen molar-refractivity contribution >= 4 is 40.1 Å². The van der Waals surface area contributed by atoms with Gasteiger partial charge in [-0.15, -0.1) is 0 Å². The molecule has 1 aromatic rings. The van der Waals surface area contributed by atoms with E-state index in [-0.39, 0.29) is 16.7 Å². The van der Waals surface area contributed by atoms with Crippen molar-refractivity contribution in [3.63, 3.8) is 0 Å².